The van der Waals surface area contributed by atoms with Gasteiger partial charge in [0.05, 0.1) is 5.92 Å². The first-order chi connectivity index (χ1) is 9.58. The molecule has 2 aliphatic rings. The molecular weight excluding hydrogens is 258 g/mol. The van der Waals surface area contributed by atoms with Crippen molar-refractivity contribution < 1.29 is 19.4 Å². The molecule has 1 aromatic carbocycles. The lowest BCUT2D eigenvalue weighted by atomic mass is 9.97. The molecular formula is C15H17NO4. The molecule has 3 rings (SSSR count). The number of fused-ring (bicyclic) bond motifs is 1. The van der Waals surface area contributed by atoms with E-state index < -0.39 is 18.0 Å². The molecule has 5 heteroatoms. The van der Waals surface area contributed by atoms with E-state index >= 15 is 0 Å². The molecule has 0 spiro atoms. The molecule has 0 bridgehead atoms. The number of carboxylic acid groups (broad SMARTS) is 1. The summed E-state index contributed by atoms with van der Waals surface area (Å²) < 4.78 is 5.75. The van der Waals surface area contributed by atoms with E-state index in [1.807, 2.05) is 31.2 Å². The van der Waals surface area contributed by atoms with E-state index in [2.05, 4.69) is 0 Å². The van der Waals surface area contributed by atoms with Crippen molar-refractivity contribution in [2.75, 3.05) is 13.1 Å². The summed E-state index contributed by atoms with van der Waals surface area (Å²) in [5, 5.41) is 9.00. The predicted molar refractivity (Wildman–Crippen MR) is 71.6 cm³/mol. The number of aliphatic carboxylic acids is 1. The van der Waals surface area contributed by atoms with Crippen LogP contribution < -0.4 is 4.74 Å². The molecule has 0 aromatic heterocycles. The number of amides is 1. The largest absolute Gasteiger partial charge is 0.481 e. The van der Waals surface area contributed by atoms with Crippen molar-refractivity contribution >= 4 is 11.9 Å². The number of para-hydroxylation sites is 1. The number of rotatable bonds is 2. The molecule has 2 heterocycles. The SMILES string of the molecule is C[C@@H]1c2ccccc2O[C@H]1C(=O)N1CC[C@H](C(=O)O)C1. The molecule has 106 valence electrons. The monoisotopic (exact) mass is 275 g/mol. The Bertz CT molecular complexity index is 557. The number of nitrogens with zero attached hydrogens (tertiary/aromatic N) is 1. The van der Waals surface area contributed by atoms with Gasteiger partial charge in [-0.25, -0.2) is 0 Å². The van der Waals surface area contributed by atoms with E-state index in [1.54, 1.807) is 4.90 Å². The van der Waals surface area contributed by atoms with Crippen molar-refractivity contribution in [3.63, 3.8) is 0 Å². The first-order valence-corrected chi connectivity index (χ1v) is 6.85. The average Bonchev–Trinajstić information content (AvgIpc) is 3.04. The van der Waals surface area contributed by atoms with Crippen LogP contribution in [0.25, 0.3) is 0 Å². The lowest BCUT2D eigenvalue weighted by Crippen LogP contribution is -2.41. The van der Waals surface area contributed by atoms with Crippen LogP contribution in [0.4, 0.5) is 0 Å². The van der Waals surface area contributed by atoms with Crippen molar-refractivity contribution in [2.45, 2.75) is 25.4 Å². The van der Waals surface area contributed by atoms with Crippen molar-refractivity contribution in [3.05, 3.63) is 29.8 Å². The highest BCUT2D eigenvalue weighted by molar-refractivity contribution is 5.84. The quantitative estimate of drug-likeness (QED) is 0.888. The molecule has 1 N–H and O–H groups in total. The van der Waals surface area contributed by atoms with Gasteiger partial charge in [0, 0.05) is 24.6 Å². The van der Waals surface area contributed by atoms with E-state index in [0.717, 1.165) is 11.3 Å². The Kier molecular flexibility index (Phi) is 3.12. The van der Waals surface area contributed by atoms with Crippen LogP contribution in [0.15, 0.2) is 24.3 Å². The molecule has 1 fully saturated rings. The number of carbonyl (C=O) groups excluding carboxylic acids is 1. The fourth-order valence-corrected chi connectivity index (χ4v) is 2.97. The standard InChI is InChI=1S/C15H17NO4/c1-9-11-4-2-3-5-12(11)20-13(9)14(17)16-7-6-10(8-16)15(18)19/h2-5,9-10,13H,6-8H2,1H3,(H,18,19)/t9-,10+,13-/m1/s1. The second-order valence-electron chi connectivity index (χ2n) is 5.47. The highest BCUT2D eigenvalue weighted by Gasteiger charge is 2.41. The third-order valence-corrected chi connectivity index (χ3v) is 4.21. The van der Waals surface area contributed by atoms with Gasteiger partial charge in [0.2, 0.25) is 0 Å². The van der Waals surface area contributed by atoms with Gasteiger partial charge < -0.3 is 14.7 Å². The van der Waals surface area contributed by atoms with Crippen LogP contribution in [0.2, 0.25) is 0 Å². The maximum absolute atomic E-state index is 12.5. The molecule has 1 aromatic rings. The Balaban J connectivity index is 1.73. The summed E-state index contributed by atoms with van der Waals surface area (Å²) in [4.78, 5) is 25.1. The summed E-state index contributed by atoms with van der Waals surface area (Å²) in [7, 11) is 0. The van der Waals surface area contributed by atoms with Crippen molar-refractivity contribution in [2.24, 2.45) is 5.92 Å². The molecule has 2 aliphatic heterocycles. The zero-order valence-corrected chi connectivity index (χ0v) is 11.3. The average molecular weight is 275 g/mol. The summed E-state index contributed by atoms with van der Waals surface area (Å²) in [6.45, 7) is 2.76. The number of ether oxygens (including phenoxy) is 1. The van der Waals surface area contributed by atoms with Crippen LogP contribution in [0, 0.1) is 5.92 Å². The molecule has 20 heavy (non-hydrogen) atoms. The molecule has 1 amide bonds. The molecule has 0 unspecified atom stereocenters. The lowest BCUT2D eigenvalue weighted by molar-refractivity contribution is -0.142. The second kappa shape index (κ2) is 4.81. The van der Waals surface area contributed by atoms with Crippen LogP contribution >= 0.6 is 0 Å². The number of likely N-dealkylation sites (tertiary alicyclic amines) is 1. The van der Waals surface area contributed by atoms with Crippen LogP contribution in [0.1, 0.15) is 24.8 Å². The Morgan fingerprint density at radius 2 is 2.10 bits per heavy atom. The zero-order valence-electron chi connectivity index (χ0n) is 11.3. The summed E-state index contributed by atoms with van der Waals surface area (Å²) in [5.74, 6) is -0.616. The van der Waals surface area contributed by atoms with E-state index in [0.29, 0.717) is 13.0 Å². The van der Waals surface area contributed by atoms with Crippen LogP contribution in [0.5, 0.6) is 5.75 Å². The minimum atomic E-state index is -0.830. The van der Waals surface area contributed by atoms with Crippen LogP contribution in [-0.2, 0) is 9.59 Å². The predicted octanol–water partition coefficient (Wildman–Crippen LogP) is 1.48. The molecule has 0 aliphatic carbocycles. The number of hydrogen-bond acceptors (Lipinski definition) is 3. The van der Waals surface area contributed by atoms with Crippen molar-refractivity contribution in [1.82, 2.24) is 4.90 Å². The summed E-state index contributed by atoms with van der Waals surface area (Å²) >= 11 is 0. The number of benzene rings is 1. The van der Waals surface area contributed by atoms with Gasteiger partial charge in [-0.2, -0.15) is 0 Å². The smallest absolute Gasteiger partial charge is 0.308 e. The number of hydrogen-bond donors (Lipinski definition) is 1. The maximum atomic E-state index is 12.5. The van der Waals surface area contributed by atoms with Crippen molar-refractivity contribution in [1.29, 1.82) is 0 Å². The van der Waals surface area contributed by atoms with E-state index in [4.69, 9.17) is 9.84 Å². The third kappa shape index (κ3) is 2.03. The highest BCUT2D eigenvalue weighted by Crippen LogP contribution is 2.38. The molecule has 0 saturated carbocycles. The molecule has 1 saturated heterocycles. The van der Waals surface area contributed by atoms with Crippen LogP contribution in [0.3, 0.4) is 0 Å². The topological polar surface area (TPSA) is 66.8 Å². The summed E-state index contributed by atoms with van der Waals surface area (Å²) in [5.41, 5.74) is 1.04. The zero-order chi connectivity index (χ0) is 14.3. The Morgan fingerprint density at radius 1 is 1.35 bits per heavy atom. The van der Waals surface area contributed by atoms with Crippen LogP contribution in [-0.4, -0.2) is 41.1 Å². The van der Waals surface area contributed by atoms with Gasteiger partial charge in [0.1, 0.15) is 5.75 Å². The Morgan fingerprint density at radius 3 is 2.75 bits per heavy atom. The first kappa shape index (κ1) is 13.0. The minimum Gasteiger partial charge on any atom is -0.481 e. The van der Waals surface area contributed by atoms with Gasteiger partial charge >= 0.3 is 5.97 Å². The number of carboxylic acids is 1. The normalized spacial score (nSPS) is 28.1. The molecule has 5 nitrogen and oxygen atoms in total. The summed E-state index contributed by atoms with van der Waals surface area (Å²) in [6, 6.07) is 7.65. The Labute approximate surface area is 117 Å². The number of carbonyl (C=O) groups is 2. The lowest BCUT2D eigenvalue weighted by Gasteiger charge is -2.22. The van der Waals surface area contributed by atoms with Gasteiger partial charge in [-0.3, -0.25) is 9.59 Å². The first-order valence-electron chi connectivity index (χ1n) is 6.85. The van der Waals surface area contributed by atoms with E-state index in [1.165, 1.54) is 0 Å². The minimum absolute atomic E-state index is 0.00239. The molecule has 0 radical (unpaired) electrons. The van der Waals surface area contributed by atoms with Gasteiger partial charge in [-0.1, -0.05) is 25.1 Å². The van der Waals surface area contributed by atoms with Gasteiger partial charge in [-0.05, 0) is 12.5 Å². The van der Waals surface area contributed by atoms with Gasteiger partial charge in [0.25, 0.3) is 5.91 Å². The third-order valence-electron chi connectivity index (χ3n) is 4.21. The fraction of sp³-hybridized carbons (Fsp3) is 0.467. The maximum Gasteiger partial charge on any atom is 0.308 e. The molecule has 3 atom stereocenters. The van der Waals surface area contributed by atoms with Crippen molar-refractivity contribution in [3.8, 4) is 5.75 Å². The summed E-state index contributed by atoms with van der Waals surface area (Å²) in [6.07, 6.45) is -0.00489. The highest BCUT2D eigenvalue weighted by atomic mass is 16.5. The van der Waals surface area contributed by atoms with E-state index in [-0.39, 0.29) is 18.4 Å². The Hall–Kier alpha value is -2.04. The second-order valence-corrected chi connectivity index (χ2v) is 5.47. The van der Waals surface area contributed by atoms with Gasteiger partial charge in [0.15, 0.2) is 6.10 Å². The fourth-order valence-electron chi connectivity index (χ4n) is 2.97. The van der Waals surface area contributed by atoms with E-state index in [9.17, 15) is 9.59 Å². The van der Waals surface area contributed by atoms with Gasteiger partial charge in [-0.15, -0.1) is 0 Å².